The maximum atomic E-state index is 6.04. The minimum Gasteiger partial charge on any atom is -0.327 e. The molecule has 0 aromatic carbocycles. The maximum absolute atomic E-state index is 6.04. The molecule has 1 saturated heterocycles. The van der Waals surface area contributed by atoms with Crippen LogP contribution in [0.1, 0.15) is 46.5 Å². The molecule has 2 heteroatoms. The third-order valence-electron chi connectivity index (χ3n) is 3.36. The highest BCUT2D eigenvalue weighted by Crippen LogP contribution is 2.29. The van der Waals surface area contributed by atoms with Crippen molar-refractivity contribution in [3.63, 3.8) is 0 Å². The van der Waals surface area contributed by atoms with Crippen LogP contribution in [0.4, 0.5) is 0 Å². The zero-order valence-corrected chi connectivity index (χ0v) is 10.1. The Hall–Kier alpha value is -0.0800. The van der Waals surface area contributed by atoms with Crippen molar-refractivity contribution in [2.24, 2.45) is 11.1 Å². The molecule has 0 aromatic rings. The van der Waals surface area contributed by atoms with Gasteiger partial charge in [-0.2, -0.15) is 0 Å². The van der Waals surface area contributed by atoms with E-state index in [0.717, 1.165) is 6.54 Å². The Morgan fingerprint density at radius 3 is 2.36 bits per heavy atom. The van der Waals surface area contributed by atoms with Crippen molar-refractivity contribution >= 4 is 0 Å². The van der Waals surface area contributed by atoms with Gasteiger partial charge in [0.2, 0.25) is 0 Å². The van der Waals surface area contributed by atoms with E-state index in [2.05, 4.69) is 25.7 Å². The lowest BCUT2D eigenvalue weighted by Gasteiger charge is -2.37. The van der Waals surface area contributed by atoms with Crippen molar-refractivity contribution in [3.8, 4) is 0 Å². The molecular formula is C12H26N2. The van der Waals surface area contributed by atoms with Crippen LogP contribution in [0.25, 0.3) is 0 Å². The minimum absolute atomic E-state index is 0.390. The zero-order valence-electron chi connectivity index (χ0n) is 10.1. The highest BCUT2D eigenvalue weighted by molar-refractivity contribution is 4.80. The summed E-state index contributed by atoms with van der Waals surface area (Å²) >= 11 is 0. The predicted molar refractivity (Wildman–Crippen MR) is 62.3 cm³/mol. The molecule has 0 spiro atoms. The summed E-state index contributed by atoms with van der Waals surface area (Å²) in [5.41, 5.74) is 6.60. The second-order valence-corrected chi connectivity index (χ2v) is 5.51. The Morgan fingerprint density at radius 1 is 1.29 bits per heavy atom. The van der Waals surface area contributed by atoms with Gasteiger partial charge in [-0.15, -0.1) is 0 Å². The van der Waals surface area contributed by atoms with Gasteiger partial charge in [0.1, 0.15) is 0 Å². The fraction of sp³-hybridized carbons (Fsp3) is 1.00. The van der Waals surface area contributed by atoms with Crippen molar-refractivity contribution in [3.05, 3.63) is 0 Å². The summed E-state index contributed by atoms with van der Waals surface area (Å²) < 4.78 is 0. The largest absolute Gasteiger partial charge is 0.327 e. The summed E-state index contributed by atoms with van der Waals surface area (Å²) in [5, 5.41) is 0. The summed E-state index contributed by atoms with van der Waals surface area (Å²) in [6, 6.07) is 0.390. The van der Waals surface area contributed by atoms with Crippen molar-refractivity contribution in [2.45, 2.75) is 52.5 Å². The van der Waals surface area contributed by atoms with Gasteiger partial charge in [-0.25, -0.2) is 0 Å². The third-order valence-corrected chi connectivity index (χ3v) is 3.36. The SMILES string of the molecule is CCCC(N)CN1CCC(C)(C)CC1. The normalized spacial score (nSPS) is 24.9. The van der Waals surface area contributed by atoms with Crippen LogP contribution in [-0.4, -0.2) is 30.6 Å². The van der Waals surface area contributed by atoms with E-state index in [0.29, 0.717) is 11.5 Å². The molecule has 0 bridgehead atoms. The van der Waals surface area contributed by atoms with E-state index >= 15 is 0 Å². The number of nitrogens with two attached hydrogens (primary N) is 1. The monoisotopic (exact) mass is 198 g/mol. The minimum atomic E-state index is 0.390. The number of hydrogen-bond donors (Lipinski definition) is 1. The second kappa shape index (κ2) is 5.13. The van der Waals surface area contributed by atoms with E-state index in [1.165, 1.54) is 38.8 Å². The lowest BCUT2D eigenvalue weighted by atomic mass is 9.82. The molecule has 1 rings (SSSR count). The molecule has 0 amide bonds. The number of rotatable bonds is 4. The highest BCUT2D eigenvalue weighted by Gasteiger charge is 2.25. The first kappa shape index (κ1) is 12.0. The smallest absolute Gasteiger partial charge is 0.0167 e. The summed E-state index contributed by atoms with van der Waals surface area (Å²) in [6.45, 7) is 10.5. The first-order valence-corrected chi connectivity index (χ1v) is 6.01. The van der Waals surface area contributed by atoms with Gasteiger partial charge in [0.25, 0.3) is 0 Å². The van der Waals surface area contributed by atoms with Gasteiger partial charge in [0, 0.05) is 12.6 Å². The standard InChI is InChI=1S/C12H26N2/c1-4-5-11(13)10-14-8-6-12(2,3)7-9-14/h11H,4-10,13H2,1-3H3. The Labute approximate surface area is 88.8 Å². The fourth-order valence-electron chi connectivity index (χ4n) is 2.13. The van der Waals surface area contributed by atoms with Crippen LogP contribution in [0, 0.1) is 5.41 Å². The van der Waals surface area contributed by atoms with Crippen LogP contribution in [0.3, 0.4) is 0 Å². The average molecular weight is 198 g/mol. The molecule has 1 unspecified atom stereocenters. The topological polar surface area (TPSA) is 29.3 Å². The van der Waals surface area contributed by atoms with Crippen LogP contribution >= 0.6 is 0 Å². The average Bonchev–Trinajstić information content (AvgIpc) is 2.09. The number of nitrogens with zero attached hydrogens (tertiary/aromatic N) is 1. The molecule has 1 aliphatic rings. The third kappa shape index (κ3) is 3.97. The Bertz CT molecular complexity index is 156. The lowest BCUT2D eigenvalue weighted by molar-refractivity contribution is 0.126. The van der Waals surface area contributed by atoms with Crippen LogP contribution in [0.15, 0.2) is 0 Å². The van der Waals surface area contributed by atoms with Crippen molar-refractivity contribution in [1.29, 1.82) is 0 Å². The fourth-order valence-corrected chi connectivity index (χ4v) is 2.13. The first-order chi connectivity index (χ1) is 6.53. The van der Waals surface area contributed by atoms with Gasteiger partial charge in [-0.1, -0.05) is 27.2 Å². The summed E-state index contributed by atoms with van der Waals surface area (Å²) in [6.07, 6.45) is 5.03. The number of hydrogen-bond acceptors (Lipinski definition) is 2. The van der Waals surface area contributed by atoms with Gasteiger partial charge in [-0.3, -0.25) is 0 Å². The highest BCUT2D eigenvalue weighted by atomic mass is 15.1. The van der Waals surface area contributed by atoms with Crippen LogP contribution in [0.2, 0.25) is 0 Å². The molecule has 1 heterocycles. The van der Waals surface area contributed by atoms with Crippen molar-refractivity contribution in [1.82, 2.24) is 4.90 Å². The maximum Gasteiger partial charge on any atom is 0.0167 e. The summed E-state index contributed by atoms with van der Waals surface area (Å²) in [5.74, 6) is 0. The lowest BCUT2D eigenvalue weighted by Crippen LogP contribution is -2.43. The molecule has 1 fully saturated rings. The molecule has 2 nitrogen and oxygen atoms in total. The molecular weight excluding hydrogens is 172 g/mol. The van der Waals surface area contributed by atoms with E-state index in [1.807, 2.05) is 0 Å². The number of piperidine rings is 1. The van der Waals surface area contributed by atoms with E-state index in [4.69, 9.17) is 5.73 Å². The van der Waals surface area contributed by atoms with Crippen LogP contribution in [0.5, 0.6) is 0 Å². The van der Waals surface area contributed by atoms with Crippen LogP contribution < -0.4 is 5.73 Å². The summed E-state index contributed by atoms with van der Waals surface area (Å²) in [4.78, 5) is 2.53. The van der Waals surface area contributed by atoms with E-state index < -0.39 is 0 Å². The number of likely N-dealkylation sites (tertiary alicyclic amines) is 1. The van der Waals surface area contributed by atoms with Gasteiger partial charge in [0.05, 0.1) is 0 Å². The Kier molecular flexibility index (Phi) is 4.39. The summed E-state index contributed by atoms with van der Waals surface area (Å²) in [7, 11) is 0. The van der Waals surface area contributed by atoms with Crippen molar-refractivity contribution < 1.29 is 0 Å². The molecule has 0 saturated carbocycles. The van der Waals surface area contributed by atoms with E-state index in [-0.39, 0.29) is 0 Å². The first-order valence-electron chi connectivity index (χ1n) is 6.01. The van der Waals surface area contributed by atoms with Gasteiger partial charge >= 0.3 is 0 Å². The Morgan fingerprint density at radius 2 is 1.86 bits per heavy atom. The molecule has 14 heavy (non-hydrogen) atoms. The Balaban J connectivity index is 2.22. The van der Waals surface area contributed by atoms with Gasteiger partial charge in [-0.05, 0) is 37.8 Å². The molecule has 0 aromatic heterocycles. The molecule has 0 radical (unpaired) electrons. The predicted octanol–water partition coefficient (Wildman–Crippen LogP) is 2.24. The molecule has 1 atom stereocenters. The van der Waals surface area contributed by atoms with Gasteiger partial charge < -0.3 is 10.6 Å². The molecule has 2 N–H and O–H groups in total. The van der Waals surface area contributed by atoms with Crippen molar-refractivity contribution in [2.75, 3.05) is 19.6 Å². The van der Waals surface area contributed by atoms with E-state index in [9.17, 15) is 0 Å². The molecule has 0 aliphatic carbocycles. The van der Waals surface area contributed by atoms with Crippen LogP contribution in [-0.2, 0) is 0 Å². The second-order valence-electron chi connectivity index (χ2n) is 5.51. The molecule has 1 aliphatic heterocycles. The zero-order chi connectivity index (χ0) is 10.6. The molecule has 84 valence electrons. The van der Waals surface area contributed by atoms with Gasteiger partial charge in [0.15, 0.2) is 0 Å². The van der Waals surface area contributed by atoms with E-state index in [1.54, 1.807) is 0 Å². The quantitative estimate of drug-likeness (QED) is 0.750.